The van der Waals surface area contributed by atoms with Crippen LogP contribution in [0.3, 0.4) is 0 Å². The lowest BCUT2D eigenvalue weighted by Gasteiger charge is -2.20. The average molecular weight is 199 g/mol. The molecule has 0 aliphatic carbocycles. The zero-order chi connectivity index (χ0) is 10.4. The van der Waals surface area contributed by atoms with Gasteiger partial charge in [-0.25, -0.2) is 0 Å². The average Bonchev–Trinajstić information content (AvgIpc) is 2.17. The third-order valence-electron chi connectivity index (χ3n) is 2.15. The highest BCUT2D eigenvalue weighted by molar-refractivity contribution is 5.78. The van der Waals surface area contributed by atoms with Crippen LogP contribution in [0.4, 0.5) is 0 Å². The van der Waals surface area contributed by atoms with Crippen molar-refractivity contribution in [1.29, 1.82) is 0 Å². The standard InChI is InChI=1S/C9H17N3O2/c1-2-14-8(13)4-3-7-5-11-9(10)12-6-7/h7H,2-6H2,1H3,(H3,10,11,12). The summed E-state index contributed by atoms with van der Waals surface area (Å²) >= 11 is 0. The van der Waals surface area contributed by atoms with Crippen LogP contribution >= 0.6 is 0 Å². The van der Waals surface area contributed by atoms with Crippen molar-refractivity contribution in [2.45, 2.75) is 19.8 Å². The molecule has 1 aliphatic heterocycles. The Kier molecular flexibility index (Phi) is 4.22. The predicted molar refractivity (Wildman–Crippen MR) is 53.8 cm³/mol. The fourth-order valence-corrected chi connectivity index (χ4v) is 1.35. The third-order valence-corrected chi connectivity index (χ3v) is 2.15. The van der Waals surface area contributed by atoms with Crippen LogP contribution in [-0.4, -0.2) is 31.6 Å². The van der Waals surface area contributed by atoms with E-state index < -0.39 is 0 Å². The molecule has 1 aliphatic rings. The van der Waals surface area contributed by atoms with Gasteiger partial charge in [-0.3, -0.25) is 9.79 Å². The summed E-state index contributed by atoms with van der Waals surface area (Å²) in [6, 6.07) is 0. The minimum absolute atomic E-state index is 0.130. The number of nitrogens with two attached hydrogens (primary N) is 1. The van der Waals surface area contributed by atoms with E-state index in [1.165, 1.54) is 0 Å². The molecule has 80 valence electrons. The molecule has 0 fully saturated rings. The number of hydrogen-bond acceptors (Lipinski definition) is 5. The number of nitrogens with one attached hydrogen (secondary N) is 1. The number of carbonyl (C=O) groups is 1. The summed E-state index contributed by atoms with van der Waals surface area (Å²) in [4.78, 5) is 15.1. The van der Waals surface area contributed by atoms with Gasteiger partial charge in [0.15, 0.2) is 5.96 Å². The summed E-state index contributed by atoms with van der Waals surface area (Å²) in [7, 11) is 0. The normalized spacial score (nSPS) is 20.9. The Bertz CT molecular complexity index is 228. The second-order valence-electron chi connectivity index (χ2n) is 3.32. The molecule has 0 amide bonds. The van der Waals surface area contributed by atoms with Gasteiger partial charge in [-0.1, -0.05) is 0 Å². The Morgan fingerprint density at radius 1 is 1.79 bits per heavy atom. The van der Waals surface area contributed by atoms with E-state index in [-0.39, 0.29) is 5.97 Å². The first kappa shape index (κ1) is 10.8. The molecular formula is C9H17N3O2. The van der Waals surface area contributed by atoms with E-state index in [9.17, 15) is 4.79 Å². The molecule has 0 saturated carbocycles. The maximum absolute atomic E-state index is 11.0. The predicted octanol–water partition coefficient (Wildman–Crippen LogP) is -0.136. The first-order valence-electron chi connectivity index (χ1n) is 4.91. The van der Waals surface area contributed by atoms with Gasteiger partial charge in [-0.05, 0) is 19.3 Å². The van der Waals surface area contributed by atoms with Crippen LogP contribution in [0.5, 0.6) is 0 Å². The molecule has 5 heteroatoms. The van der Waals surface area contributed by atoms with Gasteiger partial charge >= 0.3 is 5.97 Å². The molecule has 1 heterocycles. The molecule has 1 atom stereocenters. The van der Waals surface area contributed by atoms with E-state index in [0.717, 1.165) is 13.0 Å². The molecule has 1 rings (SSSR count). The number of ether oxygens (including phenoxy) is 1. The molecule has 0 aromatic heterocycles. The van der Waals surface area contributed by atoms with Gasteiger partial charge < -0.3 is 15.8 Å². The van der Waals surface area contributed by atoms with Gasteiger partial charge in [0.2, 0.25) is 0 Å². The summed E-state index contributed by atoms with van der Waals surface area (Å²) in [5.74, 6) is 0.763. The summed E-state index contributed by atoms with van der Waals surface area (Å²) in [6.45, 7) is 3.77. The van der Waals surface area contributed by atoms with Crippen molar-refractivity contribution < 1.29 is 9.53 Å². The molecule has 0 bridgehead atoms. The first-order chi connectivity index (χ1) is 6.72. The van der Waals surface area contributed by atoms with E-state index in [1.54, 1.807) is 0 Å². The Balaban J connectivity index is 2.16. The highest BCUT2D eigenvalue weighted by Crippen LogP contribution is 2.09. The number of rotatable bonds is 4. The lowest BCUT2D eigenvalue weighted by molar-refractivity contribution is -0.143. The molecule has 5 nitrogen and oxygen atoms in total. The SMILES string of the molecule is CCOC(=O)CCC1CN=C(N)NC1. The van der Waals surface area contributed by atoms with Crippen LogP contribution < -0.4 is 11.1 Å². The smallest absolute Gasteiger partial charge is 0.305 e. The molecule has 0 radical (unpaired) electrons. The van der Waals surface area contributed by atoms with E-state index in [1.807, 2.05) is 6.92 Å². The zero-order valence-electron chi connectivity index (χ0n) is 8.45. The highest BCUT2D eigenvalue weighted by Gasteiger charge is 2.15. The number of guanidine groups is 1. The Hall–Kier alpha value is -1.26. The van der Waals surface area contributed by atoms with E-state index in [2.05, 4.69) is 10.3 Å². The Labute approximate surface area is 83.7 Å². The summed E-state index contributed by atoms with van der Waals surface area (Å²) < 4.78 is 4.83. The highest BCUT2D eigenvalue weighted by atomic mass is 16.5. The number of nitrogens with zero attached hydrogens (tertiary/aromatic N) is 1. The zero-order valence-corrected chi connectivity index (χ0v) is 8.45. The minimum Gasteiger partial charge on any atom is -0.466 e. The van der Waals surface area contributed by atoms with E-state index in [0.29, 0.717) is 31.4 Å². The van der Waals surface area contributed by atoms with Crippen molar-refractivity contribution >= 4 is 11.9 Å². The summed E-state index contributed by atoms with van der Waals surface area (Å²) in [6.07, 6.45) is 1.28. The molecule has 14 heavy (non-hydrogen) atoms. The second kappa shape index (κ2) is 5.47. The molecule has 0 aromatic rings. The van der Waals surface area contributed by atoms with Gasteiger partial charge in [0.25, 0.3) is 0 Å². The Morgan fingerprint density at radius 2 is 2.57 bits per heavy atom. The van der Waals surface area contributed by atoms with E-state index >= 15 is 0 Å². The van der Waals surface area contributed by atoms with Gasteiger partial charge in [-0.15, -0.1) is 0 Å². The lowest BCUT2D eigenvalue weighted by Crippen LogP contribution is -2.40. The van der Waals surface area contributed by atoms with Crippen LogP contribution in [0.15, 0.2) is 4.99 Å². The second-order valence-corrected chi connectivity index (χ2v) is 3.32. The largest absolute Gasteiger partial charge is 0.466 e. The van der Waals surface area contributed by atoms with Crippen LogP contribution in [0.2, 0.25) is 0 Å². The molecule has 3 N–H and O–H groups in total. The fraction of sp³-hybridized carbons (Fsp3) is 0.778. The molecule has 1 unspecified atom stereocenters. The maximum Gasteiger partial charge on any atom is 0.305 e. The molecule has 0 aromatic carbocycles. The van der Waals surface area contributed by atoms with Crippen LogP contribution in [-0.2, 0) is 9.53 Å². The summed E-state index contributed by atoms with van der Waals surface area (Å²) in [5, 5.41) is 2.96. The third kappa shape index (κ3) is 3.64. The van der Waals surface area contributed by atoms with Gasteiger partial charge in [0.05, 0.1) is 6.61 Å². The van der Waals surface area contributed by atoms with Gasteiger partial charge in [0, 0.05) is 19.5 Å². The van der Waals surface area contributed by atoms with Crippen LogP contribution in [0, 0.1) is 5.92 Å². The van der Waals surface area contributed by atoms with Crippen molar-refractivity contribution in [2.75, 3.05) is 19.7 Å². The van der Waals surface area contributed by atoms with Crippen LogP contribution in [0.25, 0.3) is 0 Å². The molecular weight excluding hydrogens is 182 g/mol. The van der Waals surface area contributed by atoms with Gasteiger partial charge in [-0.2, -0.15) is 0 Å². The quantitative estimate of drug-likeness (QED) is 0.618. The van der Waals surface area contributed by atoms with E-state index in [4.69, 9.17) is 10.5 Å². The fourth-order valence-electron chi connectivity index (χ4n) is 1.35. The first-order valence-corrected chi connectivity index (χ1v) is 4.91. The number of hydrogen-bond donors (Lipinski definition) is 2. The monoisotopic (exact) mass is 199 g/mol. The maximum atomic E-state index is 11.0. The van der Waals surface area contributed by atoms with Crippen molar-refractivity contribution in [2.24, 2.45) is 16.6 Å². The molecule has 0 saturated heterocycles. The topological polar surface area (TPSA) is 76.7 Å². The number of aliphatic imine (C=N–C) groups is 1. The van der Waals surface area contributed by atoms with Crippen molar-refractivity contribution in [3.8, 4) is 0 Å². The van der Waals surface area contributed by atoms with Crippen molar-refractivity contribution in [3.63, 3.8) is 0 Å². The Morgan fingerprint density at radius 3 is 3.14 bits per heavy atom. The van der Waals surface area contributed by atoms with Crippen LogP contribution in [0.1, 0.15) is 19.8 Å². The van der Waals surface area contributed by atoms with Gasteiger partial charge in [0.1, 0.15) is 0 Å². The molecule has 0 spiro atoms. The lowest BCUT2D eigenvalue weighted by atomic mass is 10.0. The number of esters is 1. The van der Waals surface area contributed by atoms with Crippen molar-refractivity contribution in [1.82, 2.24) is 5.32 Å². The summed E-state index contributed by atoms with van der Waals surface area (Å²) in [5.41, 5.74) is 5.45. The van der Waals surface area contributed by atoms with Crippen molar-refractivity contribution in [3.05, 3.63) is 0 Å². The number of carbonyl (C=O) groups excluding carboxylic acids is 1. The minimum atomic E-state index is -0.130.